The Kier molecular flexibility index (Phi) is 6.65. The summed E-state index contributed by atoms with van der Waals surface area (Å²) in [6, 6.07) is 11.4. The minimum absolute atomic E-state index is 0.149. The molecule has 1 aromatic rings. The lowest BCUT2D eigenvalue weighted by Crippen LogP contribution is -2.50. The van der Waals surface area contributed by atoms with E-state index >= 15 is 0 Å². The summed E-state index contributed by atoms with van der Waals surface area (Å²) in [5.74, 6) is 0.349. The first-order valence-electron chi connectivity index (χ1n) is 9.65. The van der Waals surface area contributed by atoms with Crippen molar-refractivity contribution in [2.24, 2.45) is 5.92 Å². The molecule has 1 amide bonds. The molecule has 136 valence electrons. The number of benzene rings is 1. The number of amides is 1. The number of hydrogen-bond donors (Lipinski definition) is 1. The summed E-state index contributed by atoms with van der Waals surface area (Å²) in [5, 5.41) is 2.97. The van der Waals surface area contributed by atoms with Gasteiger partial charge in [-0.25, -0.2) is 0 Å². The van der Waals surface area contributed by atoms with Gasteiger partial charge in [-0.3, -0.25) is 14.6 Å². The molecule has 2 aliphatic heterocycles. The first kappa shape index (κ1) is 18.2. The van der Waals surface area contributed by atoms with Crippen LogP contribution in [0, 0.1) is 5.92 Å². The SMILES string of the molecule is C=CCNC(=O)C1CCCN(C2CCN(Cc3ccccc3)CC2)C1. The van der Waals surface area contributed by atoms with Crippen molar-refractivity contribution < 1.29 is 4.79 Å². The average molecular weight is 341 g/mol. The van der Waals surface area contributed by atoms with Gasteiger partial charge < -0.3 is 5.32 Å². The maximum absolute atomic E-state index is 12.2. The summed E-state index contributed by atoms with van der Waals surface area (Å²) >= 11 is 0. The number of likely N-dealkylation sites (tertiary alicyclic amines) is 2. The number of hydrogen-bond acceptors (Lipinski definition) is 3. The van der Waals surface area contributed by atoms with Crippen molar-refractivity contribution >= 4 is 5.91 Å². The molecule has 1 unspecified atom stereocenters. The standard InChI is InChI=1S/C21H31N3O/c1-2-12-22-21(25)19-9-6-13-24(17-19)20-10-14-23(15-11-20)16-18-7-4-3-5-8-18/h2-5,7-8,19-20H,1,6,9-17H2,(H,22,25). The minimum Gasteiger partial charge on any atom is -0.352 e. The van der Waals surface area contributed by atoms with Crippen molar-refractivity contribution in [3.05, 3.63) is 48.6 Å². The Balaban J connectivity index is 1.45. The fourth-order valence-corrected chi connectivity index (χ4v) is 4.15. The van der Waals surface area contributed by atoms with E-state index in [-0.39, 0.29) is 11.8 Å². The van der Waals surface area contributed by atoms with Gasteiger partial charge in [0, 0.05) is 25.7 Å². The van der Waals surface area contributed by atoms with E-state index in [4.69, 9.17) is 0 Å². The van der Waals surface area contributed by atoms with E-state index in [1.165, 1.54) is 18.4 Å². The second-order valence-corrected chi connectivity index (χ2v) is 7.36. The third-order valence-electron chi connectivity index (χ3n) is 5.57. The summed E-state index contributed by atoms with van der Waals surface area (Å²) in [5.41, 5.74) is 1.40. The molecule has 4 heteroatoms. The summed E-state index contributed by atoms with van der Waals surface area (Å²) in [6.07, 6.45) is 6.34. The molecule has 25 heavy (non-hydrogen) atoms. The van der Waals surface area contributed by atoms with Crippen molar-refractivity contribution in [2.75, 3.05) is 32.7 Å². The molecule has 1 aromatic carbocycles. The molecule has 4 nitrogen and oxygen atoms in total. The Morgan fingerprint density at radius 3 is 2.64 bits per heavy atom. The Bertz CT molecular complexity index is 552. The third kappa shape index (κ3) is 5.16. The zero-order chi connectivity index (χ0) is 17.5. The lowest BCUT2D eigenvalue weighted by molar-refractivity contribution is -0.127. The Morgan fingerprint density at radius 2 is 1.92 bits per heavy atom. The minimum atomic E-state index is 0.149. The van der Waals surface area contributed by atoms with Gasteiger partial charge in [-0.05, 0) is 50.9 Å². The molecule has 2 heterocycles. The molecule has 2 aliphatic rings. The predicted molar refractivity (Wildman–Crippen MR) is 102 cm³/mol. The van der Waals surface area contributed by atoms with Crippen LogP contribution < -0.4 is 5.32 Å². The fourth-order valence-electron chi connectivity index (χ4n) is 4.15. The number of nitrogens with one attached hydrogen (secondary N) is 1. The molecular formula is C21H31N3O. The number of carbonyl (C=O) groups excluding carboxylic acids is 1. The van der Waals surface area contributed by atoms with E-state index in [0.29, 0.717) is 12.6 Å². The molecule has 0 aliphatic carbocycles. The van der Waals surface area contributed by atoms with E-state index in [1.54, 1.807) is 6.08 Å². The van der Waals surface area contributed by atoms with Gasteiger partial charge in [0.05, 0.1) is 5.92 Å². The number of piperidine rings is 2. The summed E-state index contributed by atoms with van der Waals surface area (Å²) in [6.45, 7) is 9.69. The second kappa shape index (κ2) is 9.16. The van der Waals surface area contributed by atoms with Crippen LogP contribution in [0.4, 0.5) is 0 Å². The smallest absolute Gasteiger partial charge is 0.224 e. The average Bonchev–Trinajstić information content (AvgIpc) is 2.67. The quantitative estimate of drug-likeness (QED) is 0.808. The van der Waals surface area contributed by atoms with Gasteiger partial charge in [-0.2, -0.15) is 0 Å². The number of rotatable bonds is 6. The monoisotopic (exact) mass is 341 g/mol. The van der Waals surface area contributed by atoms with Crippen molar-refractivity contribution in [1.29, 1.82) is 0 Å². The topological polar surface area (TPSA) is 35.6 Å². The van der Waals surface area contributed by atoms with Crippen LogP contribution in [0.3, 0.4) is 0 Å². The van der Waals surface area contributed by atoms with Crippen LogP contribution in [-0.2, 0) is 11.3 Å². The molecule has 2 fully saturated rings. The largest absolute Gasteiger partial charge is 0.352 e. The summed E-state index contributed by atoms with van der Waals surface area (Å²) < 4.78 is 0. The molecule has 0 saturated carbocycles. The molecule has 0 aromatic heterocycles. The predicted octanol–water partition coefficient (Wildman–Crippen LogP) is 2.67. The van der Waals surface area contributed by atoms with Crippen LogP contribution in [0.5, 0.6) is 0 Å². The highest BCUT2D eigenvalue weighted by molar-refractivity contribution is 5.79. The molecule has 1 N–H and O–H groups in total. The Morgan fingerprint density at radius 1 is 1.16 bits per heavy atom. The Hall–Kier alpha value is -1.65. The van der Waals surface area contributed by atoms with Gasteiger partial charge in [0.15, 0.2) is 0 Å². The summed E-state index contributed by atoms with van der Waals surface area (Å²) in [7, 11) is 0. The third-order valence-corrected chi connectivity index (χ3v) is 5.57. The van der Waals surface area contributed by atoms with E-state index in [1.807, 2.05) is 0 Å². The van der Waals surface area contributed by atoms with Gasteiger partial charge in [0.1, 0.15) is 0 Å². The van der Waals surface area contributed by atoms with E-state index in [2.05, 4.69) is 52.0 Å². The second-order valence-electron chi connectivity index (χ2n) is 7.36. The van der Waals surface area contributed by atoms with E-state index < -0.39 is 0 Å². The molecule has 0 spiro atoms. The molecule has 2 saturated heterocycles. The highest BCUT2D eigenvalue weighted by atomic mass is 16.1. The van der Waals surface area contributed by atoms with Crippen molar-refractivity contribution in [3.8, 4) is 0 Å². The van der Waals surface area contributed by atoms with Gasteiger partial charge in [-0.1, -0.05) is 36.4 Å². The van der Waals surface area contributed by atoms with Crippen LogP contribution in [-0.4, -0.2) is 54.5 Å². The first-order valence-corrected chi connectivity index (χ1v) is 9.65. The highest BCUT2D eigenvalue weighted by Crippen LogP contribution is 2.24. The molecule has 0 radical (unpaired) electrons. The van der Waals surface area contributed by atoms with Crippen LogP contribution in [0.25, 0.3) is 0 Å². The lowest BCUT2D eigenvalue weighted by atomic mass is 9.93. The Labute approximate surface area is 151 Å². The number of carbonyl (C=O) groups is 1. The maximum atomic E-state index is 12.2. The van der Waals surface area contributed by atoms with Crippen molar-refractivity contribution in [2.45, 2.75) is 38.3 Å². The van der Waals surface area contributed by atoms with Gasteiger partial charge in [-0.15, -0.1) is 6.58 Å². The zero-order valence-electron chi connectivity index (χ0n) is 15.2. The highest BCUT2D eigenvalue weighted by Gasteiger charge is 2.31. The van der Waals surface area contributed by atoms with Gasteiger partial charge >= 0.3 is 0 Å². The molecule has 0 bridgehead atoms. The van der Waals surface area contributed by atoms with Gasteiger partial charge in [0.25, 0.3) is 0 Å². The molecule has 3 rings (SSSR count). The molecule has 1 atom stereocenters. The van der Waals surface area contributed by atoms with Crippen LogP contribution in [0.2, 0.25) is 0 Å². The fraction of sp³-hybridized carbons (Fsp3) is 0.571. The van der Waals surface area contributed by atoms with E-state index in [0.717, 1.165) is 45.6 Å². The van der Waals surface area contributed by atoms with Crippen LogP contribution in [0.1, 0.15) is 31.2 Å². The number of nitrogens with zero attached hydrogens (tertiary/aromatic N) is 2. The van der Waals surface area contributed by atoms with Crippen molar-refractivity contribution in [3.63, 3.8) is 0 Å². The lowest BCUT2D eigenvalue weighted by Gasteiger charge is -2.42. The summed E-state index contributed by atoms with van der Waals surface area (Å²) in [4.78, 5) is 17.4. The normalized spacial score (nSPS) is 23.3. The first-order chi connectivity index (χ1) is 12.3. The van der Waals surface area contributed by atoms with Crippen LogP contribution >= 0.6 is 0 Å². The van der Waals surface area contributed by atoms with Crippen molar-refractivity contribution in [1.82, 2.24) is 15.1 Å². The zero-order valence-corrected chi connectivity index (χ0v) is 15.2. The molecular weight excluding hydrogens is 310 g/mol. The van der Waals surface area contributed by atoms with E-state index in [9.17, 15) is 4.79 Å². The maximum Gasteiger partial charge on any atom is 0.224 e. The van der Waals surface area contributed by atoms with Gasteiger partial charge in [0.2, 0.25) is 5.91 Å². The van der Waals surface area contributed by atoms with Crippen LogP contribution in [0.15, 0.2) is 43.0 Å².